The third kappa shape index (κ3) is 3.43. The van der Waals surface area contributed by atoms with E-state index in [1.54, 1.807) is 11.3 Å². The van der Waals surface area contributed by atoms with E-state index in [2.05, 4.69) is 75.4 Å². The average molecular weight is 430 g/mol. The topological polar surface area (TPSA) is 40.5 Å². The molecule has 2 atom stereocenters. The van der Waals surface area contributed by atoms with Crippen LogP contribution in [0.15, 0.2) is 58.4 Å². The number of fused-ring (bicyclic) bond motifs is 1. The molecular weight excluding hydrogens is 410 g/mol. The molecule has 0 aliphatic carbocycles. The second kappa shape index (κ2) is 7.51. The maximum Gasteiger partial charge on any atom is 0.307 e. The van der Waals surface area contributed by atoms with E-state index < -0.39 is 5.97 Å². The average Bonchev–Trinajstić information content (AvgIpc) is 3.08. The Morgan fingerprint density at radius 2 is 1.96 bits per heavy atom. The van der Waals surface area contributed by atoms with E-state index in [4.69, 9.17) is 0 Å². The fourth-order valence-corrected chi connectivity index (χ4v) is 5.51. The molecule has 0 amide bonds. The summed E-state index contributed by atoms with van der Waals surface area (Å²) in [6.07, 6.45) is 1.69. The molecule has 2 aromatic carbocycles. The minimum Gasteiger partial charge on any atom is -0.481 e. The molecule has 0 spiro atoms. The largest absolute Gasteiger partial charge is 0.481 e. The van der Waals surface area contributed by atoms with Crippen LogP contribution in [0.25, 0.3) is 10.8 Å². The van der Waals surface area contributed by atoms with Crippen LogP contribution < -0.4 is 0 Å². The predicted octanol–water partition coefficient (Wildman–Crippen LogP) is 5.55. The number of carboxylic acid groups (broad SMARTS) is 1. The molecule has 1 saturated heterocycles. The van der Waals surface area contributed by atoms with Crippen LogP contribution in [0.3, 0.4) is 0 Å². The SMILES string of the molecule is O=C(O)C1CCCN(C(c2ccc(Br)s2)c2cccc3ccccc23)C1. The van der Waals surface area contributed by atoms with Gasteiger partial charge in [0.15, 0.2) is 0 Å². The van der Waals surface area contributed by atoms with Crippen LogP contribution in [0.2, 0.25) is 0 Å². The Kier molecular flexibility index (Phi) is 5.11. The molecule has 26 heavy (non-hydrogen) atoms. The van der Waals surface area contributed by atoms with E-state index in [1.807, 2.05) is 0 Å². The third-order valence-corrected chi connectivity index (χ3v) is 6.82. The van der Waals surface area contributed by atoms with Gasteiger partial charge in [0.05, 0.1) is 15.7 Å². The van der Waals surface area contributed by atoms with Gasteiger partial charge in [-0.25, -0.2) is 0 Å². The lowest BCUT2D eigenvalue weighted by Crippen LogP contribution is -2.41. The first kappa shape index (κ1) is 17.7. The molecule has 0 radical (unpaired) electrons. The molecule has 3 nitrogen and oxygen atoms in total. The summed E-state index contributed by atoms with van der Waals surface area (Å²) in [7, 11) is 0. The lowest BCUT2D eigenvalue weighted by atomic mass is 9.92. The molecule has 1 fully saturated rings. The summed E-state index contributed by atoms with van der Waals surface area (Å²) in [5.74, 6) is -0.969. The van der Waals surface area contributed by atoms with Crippen LogP contribution >= 0.6 is 27.3 Å². The van der Waals surface area contributed by atoms with Crippen molar-refractivity contribution >= 4 is 44.0 Å². The standard InChI is InChI=1S/C21H20BrNO2S/c22-19-11-10-18(26-19)20(23-12-4-7-15(13-23)21(24)25)17-9-3-6-14-5-1-2-8-16(14)17/h1-3,5-6,8-11,15,20H,4,7,12-13H2,(H,24,25). The Bertz CT molecular complexity index is 933. The van der Waals surface area contributed by atoms with E-state index in [-0.39, 0.29) is 12.0 Å². The van der Waals surface area contributed by atoms with Crippen LogP contribution in [-0.2, 0) is 4.79 Å². The van der Waals surface area contributed by atoms with Crippen molar-refractivity contribution in [2.24, 2.45) is 5.92 Å². The van der Waals surface area contributed by atoms with E-state index >= 15 is 0 Å². The van der Waals surface area contributed by atoms with Crippen LogP contribution in [0.1, 0.15) is 29.3 Å². The van der Waals surface area contributed by atoms with Gasteiger partial charge >= 0.3 is 5.97 Å². The highest BCUT2D eigenvalue weighted by Gasteiger charge is 2.32. The van der Waals surface area contributed by atoms with E-state index in [0.717, 1.165) is 23.2 Å². The van der Waals surface area contributed by atoms with Gasteiger partial charge in [0, 0.05) is 11.4 Å². The fourth-order valence-electron chi connectivity index (χ4n) is 3.94. The Balaban J connectivity index is 1.82. The number of nitrogens with zero attached hydrogens (tertiary/aromatic N) is 1. The fraction of sp³-hybridized carbons (Fsp3) is 0.286. The maximum absolute atomic E-state index is 11.6. The van der Waals surface area contributed by atoms with Gasteiger partial charge in [0.25, 0.3) is 0 Å². The van der Waals surface area contributed by atoms with Gasteiger partial charge in [-0.15, -0.1) is 11.3 Å². The lowest BCUT2D eigenvalue weighted by Gasteiger charge is -2.37. The molecular formula is C21H20BrNO2S. The summed E-state index contributed by atoms with van der Waals surface area (Å²) >= 11 is 5.32. The van der Waals surface area contributed by atoms with Gasteiger partial charge in [-0.3, -0.25) is 9.69 Å². The minimum atomic E-state index is -0.682. The van der Waals surface area contributed by atoms with E-state index in [0.29, 0.717) is 6.54 Å². The minimum absolute atomic E-state index is 0.0829. The number of hydrogen-bond acceptors (Lipinski definition) is 3. The van der Waals surface area contributed by atoms with Crippen LogP contribution in [0, 0.1) is 5.92 Å². The van der Waals surface area contributed by atoms with Crippen molar-refractivity contribution in [2.45, 2.75) is 18.9 Å². The Labute approximate surface area is 165 Å². The van der Waals surface area contributed by atoms with Crippen molar-refractivity contribution < 1.29 is 9.90 Å². The molecule has 2 heterocycles. The predicted molar refractivity (Wildman–Crippen MR) is 110 cm³/mol. The van der Waals surface area contributed by atoms with Gasteiger partial charge in [0.1, 0.15) is 0 Å². The third-order valence-electron chi connectivity index (χ3n) is 5.15. The zero-order chi connectivity index (χ0) is 18.1. The lowest BCUT2D eigenvalue weighted by molar-refractivity contribution is -0.143. The Hall–Kier alpha value is -1.69. The van der Waals surface area contributed by atoms with Gasteiger partial charge in [-0.2, -0.15) is 0 Å². The maximum atomic E-state index is 11.6. The second-order valence-corrected chi connectivity index (χ2v) is 9.28. The van der Waals surface area contributed by atoms with Crippen molar-refractivity contribution in [3.63, 3.8) is 0 Å². The number of carbonyl (C=O) groups is 1. The quantitative estimate of drug-likeness (QED) is 0.590. The molecule has 1 aliphatic rings. The van der Waals surface area contributed by atoms with E-state index in [9.17, 15) is 9.90 Å². The molecule has 1 N–H and O–H groups in total. The van der Waals surface area contributed by atoms with Crippen molar-refractivity contribution in [2.75, 3.05) is 13.1 Å². The number of carboxylic acids is 1. The van der Waals surface area contributed by atoms with Gasteiger partial charge in [-0.05, 0) is 63.8 Å². The summed E-state index contributed by atoms with van der Waals surface area (Å²) < 4.78 is 1.10. The van der Waals surface area contributed by atoms with Gasteiger partial charge < -0.3 is 5.11 Å². The molecule has 0 bridgehead atoms. The smallest absolute Gasteiger partial charge is 0.307 e. The molecule has 1 aliphatic heterocycles. The van der Waals surface area contributed by atoms with Gasteiger partial charge in [-0.1, -0.05) is 42.5 Å². The summed E-state index contributed by atoms with van der Waals surface area (Å²) in [4.78, 5) is 15.2. The van der Waals surface area contributed by atoms with E-state index in [1.165, 1.54) is 21.2 Å². The van der Waals surface area contributed by atoms with Crippen LogP contribution in [0.4, 0.5) is 0 Å². The second-order valence-electron chi connectivity index (χ2n) is 6.79. The molecule has 3 aromatic rings. The van der Waals surface area contributed by atoms with Crippen molar-refractivity contribution in [1.82, 2.24) is 4.90 Å². The first-order valence-electron chi connectivity index (χ1n) is 8.83. The molecule has 134 valence electrons. The summed E-state index contributed by atoms with van der Waals surface area (Å²) in [6.45, 7) is 1.52. The zero-order valence-electron chi connectivity index (χ0n) is 14.3. The number of piperidine rings is 1. The normalized spacial score (nSPS) is 19.5. The van der Waals surface area contributed by atoms with Crippen LogP contribution in [-0.4, -0.2) is 29.1 Å². The highest BCUT2D eigenvalue weighted by atomic mass is 79.9. The number of aliphatic carboxylic acids is 1. The molecule has 5 heteroatoms. The number of benzene rings is 2. The Morgan fingerprint density at radius 3 is 2.73 bits per heavy atom. The van der Waals surface area contributed by atoms with Crippen molar-refractivity contribution in [3.8, 4) is 0 Å². The molecule has 1 aromatic heterocycles. The first-order chi connectivity index (χ1) is 12.6. The number of hydrogen-bond donors (Lipinski definition) is 1. The van der Waals surface area contributed by atoms with Crippen molar-refractivity contribution in [1.29, 1.82) is 0 Å². The highest BCUT2D eigenvalue weighted by molar-refractivity contribution is 9.11. The summed E-state index contributed by atoms with van der Waals surface area (Å²) in [5, 5.41) is 12.0. The zero-order valence-corrected chi connectivity index (χ0v) is 16.7. The highest BCUT2D eigenvalue weighted by Crippen LogP contribution is 2.40. The molecule has 0 saturated carbocycles. The number of likely N-dealkylation sites (tertiary alicyclic amines) is 1. The van der Waals surface area contributed by atoms with Gasteiger partial charge in [0.2, 0.25) is 0 Å². The number of rotatable bonds is 4. The molecule has 4 rings (SSSR count). The summed E-state index contributed by atoms with van der Waals surface area (Å²) in [6, 6.07) is 19.2. The van der Waals surface area contributed by atoms with Crippen LogP contribution in [0.5, 0.6) is 0 Å². The molecule has 2 unspecified atom stereocenters. The Morgan fingerprint density at radius 1 is 1.15 bits per heavy atom. The number of thiophene rings is 1. The van der Waals surface area contributed by atoms with Crippen molar-refractivity contribution in [3.05, 3.63) is 68.8 Å². The monoisotopic (exact) mass is 429 g/mol. The first-order valence-corrected chi connectivity index (χ1v) is 10.4. The number of halogens is 1. The summed E-state index contributed by atoms with van der Waals surface area (Å²) in [5.41, 5.74) is 1.25.